The number of nitrogens with one attached hydrogen (secondary N) is 2. The lowest BCUT2D eigenvalue weighted by atomic mass is 10.0. The molecule has 1 aliphatic heterocycles. The van der Waals surface area contributed by atoms with E-state index in [1.807, 2.05) is 56.3 Å². The topological polar surface area (TPSA) is 61.4 Å². The minimum atomic E-state index is -0.130. The van der Waals surface area contributed by atoms with Gasteiger partial charge in [-0.1, -0.05) is 30.3 Å². The van der Waals surface area contributed by atoms with Crippen LogP contribution >= 0.6 is 0 Å². The molecule has 0 atom stereocenters. The minimum absolute atomic E-state index is 0.0642. The van der Waals surface area contributed by atoms with Gasteiger partial charge in [-0.15, -0.1) is 0 Å². The van der Waals surface area contributed by atoms with E-state index in [1.165, 1.54) is 0 Å². The van der Waals surface area contributed by atoms with E-state index in [-0.39, 0.29) is 11.9 Å². The van der Waals surface area contributed by atoms with E-state index < -0.39 is 0 Å². The van der Waals surface area contributed by atoms with Gasteiger partial charge in [-0.2, -0.15) is 0 Å². The number of hydrogen-bond acceptors (Lipinski definition) is 2. The van der Waals surface area contributed by atoms with Crippen LogP contribution in [-0.4, -0.2) is 29.9 Å². The van der Waals surface area contributed by atoms with E-state index in [0.717, 1.165) is 22.4 Å². The van der Waals surface area contributed by atoms with Crippen LogP contribution in [0, 0.1) is 13.8 Å². The molecule has 0 saturated carbocycles. The van der Waals surface area contributed by atoms with Crippen LogP contribution in [0.2, 0.25) is 0 Å². The highest BCUT2D eigenvalue weighted by Gasteiger charge is 2.21. The van der Waals surface area contributed by atoms with Gasteiger partial charge in [0.05, 0.1) is 0 Å². The molecule has 2 N–H and O–H groups in total. The Bertz CT molecular complexity index is 786. The van der Waals surface area contributed by atoms with Crippen molar-refractivity contribution in [3.8, 4) is 0 Å². The molecule has 24 heavy (non-hydrogen) atoms. The first-order chi connectivity index (χ1) is 11.6. The molecule has 0 bridgehead atoms. The molecule has 0 aromatic heterocycles. The Kier molecular flexibility index (Phi) is 4.51. The summed E-state index contributed by atoms with van der Waals surface area (Å²) in [5, 5.41) is 5.78. The van der Waals surface area contributed by atoms with E-state index in [1.54, 1.807) is 4.90 Å². The van der Waals surface area contributed by atoms with Crippen molar-refractivity contribution in [3.63, 3.8) is 0 Å². The van der Waals surface area contributed by atoms with Crippen LogP contribution in [0.4, 0.5) is 10.5 Å². The Balaban J connectivity index is 1.81. The molecule has 0 radical (unpaired) electrons. The van der Waals surface area contributed by atoms with Crippen molar-refractivity contribution in [2.45, 2.75) is 20.4 Å². The largest absolute Gasteiger partial charge is 0.336 e. The summed E-state index contributed by atoms with van der Waals surface area (Å²) in [5.41, 5.74) is 4.40. The van der Waals surface area contributed by atoms with Crippen molar-refractivity contribution < 1.29 is 9.59 Å². The van der Waals surface area contributed by atoms with E-state index in [0.29, 0.717) is 25.2 Å². The maximum absolute atomic E-state index is 12.6. The Morgan fingerprint density at radius 2 is 1.96 bits per heavy atom. The number of nitrogens with zero attached hydrogens (tertiary/aromatic N) is 1. The highest BCUT2D eigenvalue weighted by molar-refractivity contribution is 6.05. The molecule has 2 aromatic carbocycles. The zero-order chi connectivity index (χ0) is 17.1. The molecule has 124 valence electrons. The van der Waals surface area contributed by atoms with Gasteiger partial charge < -0.3 is 15.5 Å². The van der Waals surface area contributed by atoms with Gasteiger partial charge >= 0.3 is 6.03 Å². The molecule has 1 saturated heterocycles. The predicted molar refractivity (Wildman–Crippen MR) is 94.1 cm³/mol. The second kappa shape index (κ2) is 6.74. The van der Waals surface area contributed by atoms with Gasteiger partial charge in [-0.05, 0) is 42.7 Å². The van der Waals surface area contributed by atoms with Crippen LogP contribution in [0.1, 0.15) is 27.0 Å². The standard InChI is InChI=1S/C19H21N3O2/c1-13-6-5-8-16(14(13)2)18(23)21-17-9-4-3-7-15(17)12-22-11-10-20-19(22)24/h3-9H,10-12H2,1-2H3,(H,20,24)(H,21,23). The zero-order valence-corrected chi connectivity index (χ0v) is 13.9. The number of carbonyl (C=O) groups is 2. The van der Waals surface area contributed by atoms with Gasteiger partial charge in [0.2, 0.25) is 0 Å². The second-order valence-electron chi connectivity index (χ2n) is 6.01. The number of amides is 3. The third-order valence-corrected chi connectivity index (χ3v) is 4.42. The smallest absolute Gasteiger partial charge is 0.317 e. The molecule has 0 unspecified atom stereocenters. The fourth-order valence-corrected chi connectivity index (χ4v) is 2.83. The van der Waals surface area contributed by atoms with E-state index in [4.69, 9.17) is 0 Å². The third kappa shape index (κ3) is 3.25. The average Bonchev–Trinajstić information content (AvgIpc) is 2.97. The fraction of sp³-hybridized carbons (Fsp3) is 0.263. The normalized spacial score (nSPS) is 13.8. The Labute approximate surface area is 141 Å². The van der Waals surface area contributed by atoms with Gasteiger partial charge in [-0.25, -0.2) is 4.79 Å². The van der Waals surface area contributed by atoms with E-state index in [9.17, 15) is 9.59 Å². The quantitative estimate of drug-likeness (QED) is 0.908. The number of hydrogen-bond donors (Lipinski definition) is 2. The van der Waals surface area contributed by atoms with Crippen molar-refractivity contribution in [2.24, 2.45) is 0 Å². The summed E-state index contributed by atoms with van der Waals surface area (Å²) in [6.07, 6.45) is 0. The van der Waals surface area contributed by atoms with Gasteiger partial charge in [0.1, 0.15) is 0 Å². The van der Waals surface area contributed by atoms with Crippen molar-refractivity contribution >= 4 is 17.6 Å². The lowest BCUT2D eigenvalue weighted by Crippen LogP contribution is -2.28. The Morgan fingerprint density at radius 3 is 2.71 bits per heavy atom. The summed E-state index contributed by atoms with van der Waals surface area (Å²) >= 11 is 0. The number of benzene rings is 2. The molecular weight excluding hydrogens is 302 g/mol. The average molecular weight is 323 g/mol. The number of rotatable bonds is 4. The molecule has 3 rings (SSSR count). The van der Waals surface area contributed by atoms with Crippen LogP contribution < -0.4 is 10.6 Å². The predicted octanol–water partition coefficient (Wildman–Crippen LogP) is 3.08. The van der Waals surface area contributed by atoms with Crippen LogP contribution in [0.15, 0.2) is 42.5 Å². The monoisotopic (exact) mass is 323 g/mol. The fourth-order valence-electron chi connectivity index (χ4n) is 2.83. The lowest BCUT2D eigenvalue weighted by Gasteiger charge is -2.18. The Morgan fingerprint density at radius 1 is 1.17 bits per heavy atom. The summed E-state index contributed by atoms with van der Waals surface area (Å²) in [6.45, 7) is 5.76. The summed E-state index contributed by atoms with van der Waals surface area (Å²) in [7, 11) is 0. The molecular formula is C19H21N3O2. The zero-order valence-electron chi connectivity index (χ0n) is 13.9. The number of aryl methyl sites for hydroxylation is 1. The van der Waals surface area contributed by atoms with Crippen LogP contribution in [-0.2, 0) is 6.54 Å². The van der Waals surface area contributed by atoms with E-state index in [2.05, 4.69) is 10.6 Å². The van der Waals surface area contributed by atoms with Gasteiger partial charge in [0.15, 0.2) is 0 Å². The van der Waals surface area contributed by atoms with Crippen molar-refractivity contribution in [1.82, 2.24) is 10.2 Å². The molecule has 3 amide bonds. The molecule has 1 heterocycles. The van der Waals surface area contributed by atoms with Gasteiger partial charge in [-0.3, -0.25) is 4.79 Å². The lowest BCUT2D eigenvalue weighted by molar-refractivity contribution is 0.102. The van der Waals surface area contributed by atoms with Crippen molar-refractivity contribution in [1.29, 1.82) is 0 Å². The van der Waals surface area contributed by atoms with E-state index >= 15 is 0 Å². The molecule has 5 nitrogen and oxygen atoms in total. The molecule has 0 aliphatic carbocycles. The second-order valence-corrected chi connectivity index (χ2v) is 6.01. The highest BCUT2D eigenvalue weighted by atomic mass is 16.2. The van der Waals surface area contributed by atoms with Crippen LogP contribution in [0.25, 0.3) is 0 Å². The SMILES string of the molecule is Cc1cccc(C(=O)Nc2ccccc2CN2CCNC2=O)c1C. The summed E-state index contributed by atoms with van der Waals surface area (Å²) in [6, 6.07) is 13.2. The molecule has 5 heteroatoms. The van der Waals surface area contributed by atoms with Gasteiger partial charge in [0.25, 0.3) is 5.91 Å². The minimum Gasteiger partial charge on any atom is -0.336 e. The third-order valence-electron chi connectivity index (χ3n) is 4.42. The molecule has 2 aromatic rings. The maximum atomic E-state index is 12.6. The molecule has 0 spiro atoms. The first-order valence-electron chi connectivity index (χ1n) is 8.04. The van der Waals surface area contributed by atoms with Crippen molar-refractivity contribution in [2.75, 3.05) is 18.4 Å². The highest BCUT2D eigenvalue weighted by Crippen LogP contribution is 2.20. The van der Waals surface area contributed by atoms with Gasteiger partial charge in [0, 0.05) is 30.9 Å². The maximum Gasteiger partial charge on any atom is 0.317 e. The van der Waals surface area contributed by atoms with Crippen LogP contribution in [0.5, 0.6) is 0 Å². The first-order valence-corrected chi connectivity index (χ1v) is 8.04. The molecule has 1 fully saturated rings. The number of para-hydroxylation sites is 1. The summed E-state index contributed by atoms with van der Waals surface area (Å²) < 4.78 is 0. The number of urea groups is 1. The Hall–Kier alpha value is -2.82. The molecule has 1 aliphatic rings. The van der Waals surface area contributed by atoms with Crippen LogP contribution in [0.3, 0.4) is 0 Å². The number of carbonyl (C=O) groups excluding carboxylic acids is 2. The first kappa shape index (κ1) is 16.1. The van der Waals surface area contributed by atoms with Crippen molar-refractivity contribution in [3.05, 3.63) is 64.7 Å². The number of anilines is 1. The summed E-state index contributed by atoms with van der Waals surface area (Å²) in [4.78, 5) is 26.1. The summed E-state index contributed by atoms with van der Waals surface area (Å²) in [5.74, 6) is -0.130.